The second kappa shape index (κ2) is 11.5. The number of carboxylic acid groups (broad SMARTS) is 1. The molecule has 0 bridgehead atoms. The summed E-state index contributed by atoms with van der Waals surface area (Å²) in [6, 6.07) is 22.6. The highest BCUT2D eigenvalue weighted by molar-refractivity contribution is 6.13. The van der Waals surface area contributed by atoms with Crippen molar-refractivity contribution in [3.63, 3.8) is 0 Å². The third-order valence-corrected chi connectivity index (χ3v) is 5.96. The van der Waals surface area contributed by atoms with Gasteiger partial charge in [-0.2, -0.15) is 0 Å². The van der Waals surface area contributed by atoms with E-state index in [4.69, 9.17) is 4.74 Å². The number of para-hydroxylation sites is 1. The summed E-state index contributed by atoms with van der Waals surface area (Å²) in [6.07, 6.45) is -0.0915. The number of rotatable bonds is 9. The molecule has 0 aliphatic carbocycles. The SMILES string of the molecule is O=C(O)[C@H](Cc1cccc(CN2CCOCC2)c1[N+](=O)[O-])N=C(c1ccccc1)c1ccccc1. The zero-order valence-corrected chi connectivity index (χ0v) is 19.2. The molecular formula is C27H27N3O5. The van der Waals surface area contributed by atoms with Gasteiger partial charge < -0.3 is 9.84 Å². The lowest BCUT2D eigenvalue weighted by molar-refractivity contribution is -0.386. The van der Waals surface area contributed by atoms with Crippen molar-refractivity contribution in [2.45, 2.75) is 19.0 Å². The van der Waals surface area contributed by atoms with E-state index in [9.17, 15) is 20.0 Å². The third-order valence-electron chi connectivity index (χ3n) is 5.96. The first kappa shape index (κ1) is 24.3. The number of aliphatic imine (C=N–C) groups is 1. The number of nitro groups is 1. The Balaban J connectivity index is 1.71. The van der Waals surface area contributed by atoms with Crippen molar-refractivity contribution in [2.24, 2.45) is 4.99 Å². The smallest absolute Gasteiger partial charge is 0.328 e. The second-order valence-corrected chi connectivity index (χ2v) is 8.34. The minimum Gasteiger partial charge on any atom is -0.480 e. The molecule has 1 fully saturated rings. The van der Waals surface area contributed by atoms with E-state index >= 15 is 0 Å². The van der Waals surface area contributed by atoms with Crippen LogP contribution in [-0.2, 0) is 22.5 Å². The molecule has 0 aromatic heterocycles. The molecule has 35 heavy (non-hydrogen) atoms. The van der Waals surface area contributed by atoms with Crippen LogP contribution >= 0.6 is 0 Å². The fourth-order valence-electron chi connectivity index (χ4n) is 4.23. The molecule has 1 heterocycles. The maximum absolute atomic E-state index is 12.3. The van der Waals surface area contributed by atoms with Gasteiger partial charge in [0.05, 0.1) is 23.8 Å². The maximum Gasteiger partial charge on any atom is 0.328 e. The summed E-state index contributed by atoms with van der Waals surface area (Å²) in [7, 11) is 0. The lowest BCUT2D eigenvalue weighted by Crippen LogP contribution is -2.35. The molecule has 8 nitrogen and oxygen atoms in total. The summed E-state index contributed by atoms with van der Waals surface area (Å²) < 4.78 is 5.37. The predicted octanol–water partition coefficient (Wildman–Crippen LogP) is 3.96. The molecule has 1 saturated heterocycles. The van der Waals surface area contributed by atoms with Crippen molar-refractivity contribution in [2.75, 3.05) is 26.3 Å². The van der Waals surface area contributed by atoms with E-state index in [1.54, 1.807) is 18.2 Å². The van der Waals surface area contributed by atoms with E-state index < -0.39 is 16.9 Å². The van der Waals surface area contributed by atoms with Gasteiger partial charge in [-0.25, -0.2) is 4.79 Å². The minimum atomic E-state index is -1.19. The number of carbonyl (C=O) groups is 1. The second-order valence-electron chi connectivity index (χ2n) is 8.34. The lowest BCUT2D eigenvalue weighted by Gasteiger charge is -2.26. The zero-order valence-electron chi connectivity index (χ0n) is 19.2. The lowest BCUT2D eigenvalue weighted by atomic mass is 9.98. The van der Waals surface area contributed by atoms with Crippen LogP contribution in [-0.4, -0.2) is 59.0 Å². The van der Waals surface area contributed by atoms with Gasteiger partial charge in [-0.05, 0) is 0 Å². The first-order valence-electron chi connectivity index (χ1n) is 11.5. The molecule has 0 unspecified atom stereocenters. The summed E-state index contributed by atoms with van der Waals surface area (Å²) in [6.45, 7) is 2.98. The third kappa shape index (κ3) is 6.17. The van der Waals surface area contributed by atoms with Gasteiger partial charge in [0.1, 0.15) is 0 Å². The van der Waals surface area contributed by atoms with E-state index in [2.05, 4.69) is 9.89 Å². The monoisotopic (exact) mass is 473 g/mol. The molecule has 8 heteroatoms. The number of nitrogens with zero attached hydrogens (tertiary/aromatic N) is 3. The van der Waals surface area contributed by atoms with Crippen molar-refractivity contribution >= 4 is 17.4 Å². The van der Waals surface area contributed by atoms with E-state index in [-0.39, 0.29) is 12.1 Å². The Morgan fingerprint density at radius 2 is 1.51 bits per heavy atom. The molecule has 0 amide bonds. The molecule has 3 aromatic carbocycles. The van der Waals surface area contributed by atoms with Gasteiger partial charge in [-0.3, -0.25) is 20.0 Å². The molecule has 1 N–H and O–H groups in total. The van der Waals surface area contributed by atoms with Crippen molar-refractivity contribution in [3.05, 3.63) is 111 Å². The first-order chi connectivity index (χ1) is 17.0. The Morgan fingerprint density at radius 1 is 0.943 bits per heavy atom. The number of morpholine rings is 1. The van der Waals surface area contributed by atoms with Crippen LogP contribution in [0.5, 0.6) is 0 Å². The van der Waals surface area contributed by atoms with Crippen LogP contribution in [0.15, 0.2) is 83.9 Å². The molecule has 1 atom stereocenters. The van der Waals surface area contributed by atoms with Crippen molar-refractivity contribution in [1.82, 2.24) is 4.90 Å². The average molecular weight is 474 g/mol. The molecule has 180 valence electrons. The number of hydrogen-bond acceptors (Lipinski definition) is 6. The average Bonchev–Trinajstić information content (AvgIpc) is 2.88. The number of aliphatic carboxylic acids is 1. The van der Waals surface area contributed by atoms with Crippen molar-refractivity contribution in [3.8, 4) is 0 Å². The normalized spacial score (nSPS) is 14.7. The molecular weight excluding hydrogens is 446 g/mol. The van der Waals surface area contributed by atoms with E-state index in [0.29, 0.717) is 49.7 Å². The van der Waals surface area contributed by atoms with Crippen LogP contribution in [0.25, 0.3) is 0 Å². The van der Waals surface area contributed by atoms with Gasteiger partial charge in [0, 0.05) is 48.3 Å². The topological polar surface area (TPSA) is 105 Å². The van der Waals surface area contributed by atoms with Gasteiger partial charge in [0.2, 0.25) is 0 Å². The van der Waals surface area contributed by atoms with Gasteiger partial charge >= 0.3 is 5.97 Å². The van der Waals surface area contributed by atoms with Gasteiger partial charge in [0.15, 0.2) is 6.04 Å². The maximum atomic E-state index is 12.3. The van der Waals surface area contributed by atoms with Gasteiger partial charge in [-0.15, -0.1) is 0 Å². The summed E-state index contributed by atoms with van der Waals surface area (Å²) in [5, 5.41) is 22.1. The molecule has 1 aliphatic rings. The fourth-order valence-corrected chi connectivity index (χ4v) is 4.23. The van der Waals surface area contributed by atoms with Crippen LogP contribution in [0.3, 0.4) is 0 Å². The highest BCUT2D eigenvalue weighted by Gasteiger charge is 2.27. The number of hydrogen-bond donors (Lipinski definition) is 1. The van der Waals surface area contributed by atoms with Gasteiger partial charge in [0.25, 0.3) is 5.69 Å². The number of carboxylic acids is 1. The van der Waals surface area contributed by atoms with Gasteiger partial charge in [-0.1, -0.05) is 78.9 Å². The highest BCUT2D eigenvalue weighted by atomic mass is 16.6. The fraction of sp³-hybridized carbons (Fsp3) is 0.259. The number of nitro benzene ring substituents is 1. The van der Waals surface area contributed by atoms with E-state index in [1.165, 1.54) is 0 Å². The number of ether oxygens (including phenoxy) is 1. The Kier molecular flexibility index (Phi) is 7.97. The predicted molar refractivity (Wildman–Crippen MR) is 133 cm³/mol. The van der Waals surface area contributed by atoms with Crippen LogP contribution < -0.4 is 0 Å². The zero-order chi connectivity index (χ0) is 24.6. The largest absolute Gasteiger partial charge is 0.480 e. The Morgan fingerprint density at radius 3 is 2.06 bits per heavy atom. The van der Waals surface area contributed by atoms with E-state index in [1.807, 2.05) is 60.7 Å². The van der Waals surface area contributed by atoms with Crippen LogP contribution in [0.1, 0.15) is 22.3 Å². The van der Waals surface area contributed by atoms with Crippen LogP contribution in [0.4, 0.5) is 5.69 Å². The molecule has 0 saturated carbocycles. The molecule has 1 aliphatic heterocycles. The van der Waals surface area contributed by atoms with Crippen LogP contribution in [0.2, 0.25) is 0 Å². The summed E-state index contributed by atoms with van der Waals surface area (Å²) >= 11 is 0. The quantitative estimate of drug-likeness (QED) is 0.287. The summed E-state index contributed by atoms with van der Waals surface area (Å²) in [5.74, 6) is -1.14. The molecule has 3 aromatic rings. The van der Waals surface area contributed by atoms with E-state index in [0.717, 1.165) is 11.1 Å². The Labute approximate surface area is 203 Å². The molecule has 0 radical (unpaired) electrons. The summed E-state index contributed by atoms with van der Waals surface area (Å²) in [5.41, 5.74) is 2.97. The Bertz CT molecular complexity index is 1150. The molecule has 4 rings (SSSR count). The van der Waals surface area contributed by atoms with Crippen molar-refractivity contribution < 1.29 is 19.6 Å². The standard InChI is InChI=1S/C27H27N3O5/c31-27(32)24(28-25(20-8-3-1-4-9-20)21-10-5-2-6-11-21)18-22-12-7-13-23(26(22)30(33)34)19-29-14-16-35-17-15-29/h1-13,24H,14-19H2,(H,31,32)/t24-/m0/s1. The Hall–Kier alpha value is -3.88. The number of benzene rings is 3. The summed E-state index contributed by atoms with van der Waals surface area (Å²) in [4.78, 5) is 30.7. The van der Waals surface area contributed by atoms with Crippen molar-refractivity contribution in [1.29, 1.82) is 0 Å². The first-order valence-corrected chi connectivity index (χ1v) is 11.5. The van der Waals surface area contributed by atoms with Crippen LogP contribution in [0, 0.1) is 10.1 Å². The highest BCUT2D eigenvalue weighted by Crippen LogP contribution is 2.28. The minimum absolute atomic E-state index is 0.0404. The molecule has 0 spiro atoms.